The third-order valence-corrected chi connectivity index (χ3v) is 5.16. The van der Waals surface area contributed by atoms with Gasteiger partial charge in [0.15, 0.2) is 6.10 Å². The van der Waals surface area contributed by atoms with Crippen molar-refractivity contribution in [2.24, 2.45) is 0 Å². The number of carbonyl (C=O) groups is 1. The maximum absolute atomic E-state index is 12.3. The maximum Gasteiger partial charge on any atom is 0.260 e. The summed E-state index contributed by atoms with van der Waals surface area (Å²) in [7, 11) is 0. The van der Waals surface area contributed by atoms with Gasteiger partial charge in [0.2, 0.25) is 0 Å². The minimum Gasteiger partial charge on any atom is -0.481 e. The van der Waals surface area contributed by atoms with Crippen LogP contribution in [0.25, 0.3) is 0 Å². The molecule has 24 heavy (non-hydrogen) atoms. The van der Waals surface area contributed by atoms with E-state index in [4.69, 9.17) is 4.74 Å². The first-order valence-electron chi connectivity index (χ1n) is 9.47. The van der Waals surface area contributed by atoms with Crippen molar-refractivity contribution in [1.29, 1.82) is 0 Å². The number of hydrogen-bond acceptors (Lipinski definition) is 2. The first-order chi connectivity index (χ1) is 11.7. The monoisotopic (exact) mass is 327 g/mol. The van der Waals surface area contributed by atoms with E-state index in [-0.39, 0.29) is 5.91 Å². The van der Waals surface area contributed by atoms with Crippen LogP contribution in [-0.4, -0.2) is 18.6 Å². The van der Waals surface area contributed by atoms with Crippen LogP contribution in [-0.2, 0) is 17.6 Å². The zero-order valence-electron chi connectivity index (χ0n) is 14.8. The summed E-state index contributed by atoms with van der Waals surface area (Å²) in [4.78, 5) is 12.3. The molecule has 130 valence electrons. The number of amides is 1. The van der Waals surface area contributed by atoms with Crippen molar-refractivity contribution in [3.63, 3.8) is 0 Å². The SMILES string of the molecule is CC(Oc1cccc2c1CCCC2)C(=O)NCCC1=CCCCC1. The zero-order valence-corrected chi connectivity index (χ0v) is 14.8. The van der Waals surface area contributed by atoms with Gasteiger partial charge < -0.3 is 10.1 Å². The summed E-state index contributed by atoms with van der Waals surface area (Å²) in [5.41, 5.74) is 4.18. The molecule has 1 atom stereocenters. The fourth-order valence-electron chi connectivity index (χ4n) is 3.72. The molecule has 2 aliphatic carbocycles. The number of fused-ring (bicyclic) bond motifs is 1. The van der Waals surface area contributed by atoms with Crippen LogP contribution in [0, 0.1) is 0 Å². The molecule has 0 saturated heterocycles. The van der Waals surface area contributed by atoms with E-state index in [1.54, 1.807) is 0 Å². The van der Waals surface area contributed by atoms with Gasteiger partial charge in [-0.15, -0.1) is 0 Å². The van der Waals surface area contributed by atoms with Crippen LogP contribution in [0.15, 0.2) is 29.8 Å². The number of allylic oxidation sites excluding steroid dienone is 1. The molecule has 0 saturated carbocycles. The van der Waals surface area contributed by atoms with Crippen LogP contribution in [0.3, 0.4) is 0 Å². The molecule has 2 aliphatic rings. The van der Waals surface area contributed by atoms with E-state index in [2.05, 4.69) is 17.5 Å². The number of ether oxygens (including phenoxy) is 1. The summed E-state index contributed by atoms with van der Waals surface area (Å²) in [6, 6.07) is 6.23. The Morgan fingerprint density at radius 2 is 2.00 bits per heavy atom. The van der Waals surface area contributed by atoms with Crippen molar-refractivity contribution >= 4 is 5.91 Å². The molecule has 1 aromatic rings. The third-order valence-electron chi connectivity index (χ3n) is 5.16. The maximum atomic E-state index is 12.3. The Hall–Kier alpha value is -1.77. The highest BCUT2D eigenvalue weighted by molar-refractivity contribution is 5.80. The molecule has 0 aliphatic heterocycles. The summed E-state index contributed by atoms with van der Waals surface area (Å²) in [5, 5.41) is 3.03. The summed E-state index contributed by atoms with van der Waals surface area (Å²) >= 11 is 0. The van der Waals surface area contributed by atoms with E-state index in [0.29, 0.717) is 6.54 Å². The minimum atomic E-state index is -0.446. The molecule has 3 heteroatoms. The van der Waals surface area contributed by atoms with Crippen LogP contribution in [0.4, 0.5) is 0 Å². The van der Waals surface area contributed by atoms with Crippen molar-refractivity contribution < 1.29 is 9.53 Å². The van der Waals surface area contributed by atoms with Gasteiger partial charge in [-0.2, -0.15) is 0 Å². The highest BCUT2D eigenvalue weighted by atomic mass is 16.5. The molecule has 0 heterocycles. The van der Waals surface area contributed by atoms with E-state index in [0.717, 1.165) is 25.0 Å². The summed E-state index contributed by atoms with van der Waals surface area (Å²) < 4.78 is 5.99. The number of carbonyl (C=O) groups excluding carboxylic acids is 1. The number of nitrogens with one attached hydrogen (secondary N) is 1. The molecule has 1 unspecified atom stereocenters. The lowest BCUT2D eigenvalue weighted by atomic mass is 9.91. The van der Waals surface area contributed by atoms with Crippen LogP contribution in [0.1, 0.15) is 63.0 Å². The smallest absolute Gasteiger partial charge is 0.260 e. The van der Waals surface area contributed by atoms with Gasteiger partial charge in [0.1, 0.15) is 5.75 Å². The van der Waals surface area contributed by atoms with Gasteiger partial charge in [-0.1, -0.05) is 23.8 Å². The molecule has 1 amide bonds. The second-order valence-corrected chi connectivity index (χ2v) is 7.01. The number of rotatable bonds is 6. The lowest BCUT2D eigenvalue weighted by molar-refractivity contribution is -0.127. The second-order valence-electron chi connectivity index (χ2n) is 7.01. The number of aryl methyl sites for hydroxylation is 1. The van der Waals surface area contributed by atoms with Gasteiger partial charge >= 0.3 is 0 Å². The largest absolute Gasteiger partial charge is 0.481 e. The molecule has 0 spiro atoms. The van der Waals surface area contributed by atoms with Crippen LogP contribution < -0.4 is 10.1 Å². The predicted molar refractivity (Wildman–Crippen MR) is 97.4 cm³/mol. The molecular formula is C21H29NO2. The van der Waals surface area contributed by atoms with E-state index in [1.165, 1.54) is 55.2 Å². The molecule has 0 aromatic heterocycles. The standard InChI is InChI=1S/C21H29NO2/c1-16(21(23)22-15-14-17-8-3-2-4-9-17)24-20-13-7-11-18-10-5-6-12-19(18)20/h7-8,11,13,16H,2-6,9-10,12,14-15H2,1H3,(H,22,23). The van der Waals surface area contributed by atoms with Crippen LogP contribution >= 0.6 is 0 Å². The van der Waals surface area contributed by atoms with E-state index < -0.39 is 6.10 Å². The molecule has 3 nitrogen and oxygen atoms in total. The Labute approximate surface area is 145 Å². The van der Waals surface area contributed by atoms with Crippen molar-refractivity contribution in [3.05, 3.63) is 41.0 Å². The topological polar surface area (TPSA) is 38.3 Å². The Morgan fingerprint density at radius 3 is 2.83 bits per heavy atom. The fourth-order valence-corrected chi connectivity index (χ4v) is 3.72. The molecule has 1 N–H and O–H groups in total. The second kappa shape index (κ2) is 8.36. The fraction of sp³-hybridized carbons (Fsp3) is 0.571. The van der Waals surface area contributed by atoms with Gasteiger partial charge in [0.05, 0.1) is 0 Å². The highest BCUT2D eigenvalue weighted by Crippen LogP contribution is 2.30. The Morgan fingerprint density at radius 1 is 1.17 bits per heavy atom. The molecule has 0 fully saturated rings. The first kappa shape index (κ1) is 17.1. The van der Waals surface area contributed by atoms with Gasteiger partial charge in [-0.05, 0) is 81.9 Å². The van der Waals surface area contributed by atoms with Crippen molar-refractivity contribution in [2.75, 3.05) is 6.54 Å². The quantitative estimate of drug-likeness (QED) is 0.789. The normalized spacial score (nSPS) is 18.3. The van der Waals surface area contributed by atoms with Gasteiger partial charge in [-0.25, -0.2) is 0 Å². The predicted octanol–water partition coefficient (Wildman–Crippen LogP) is 4.34. The van der Waals surface area contributed by atoms with E-state index >= 15 is 0 Å². The van der Waals surface area contributed by atoms with E-state index in [1.807, 2.05) is 19.1 Å². The lowest BCUT2D eigenvalue weighted by Gasteiger charge is -2.22. The number of benzene rings is 1. The third kappa shape index (κ3) is 4.40. The highest BCUT2D eigenvalue weighted by Gasteiger charge is 2.19. The van der Waals surface area contributed by atoms with Crippen molar-refractivity contribution in [2.45, 2.75) is 70.8 Å². The van der Waals surface area contributed by atoms with Crippen molar-refractivity contribution in [1.82, 2.24) is 5.32 Å². The molecule has 0 bridgehead atoms. The average Bonchev–Trinajstić information content (AvgIpc) is 2.63. The van der Waals surface area contributed by atoms with E-state index in [9.17, 15) is 4.79 Å². The number of hydrogen-bond donors (Lipinski definition) is 1. The Kier molecular flexibility index (Phi) is 5.95. The zero-order chi connectivity index (χ0) is 16.8. The van der Waals surface area contributed by atoms with Gasteiger partial charge in [0, 0.05) is 6.54 Å². The summed E-state index contributed by atoms with van der Waals surface area (Å²) in [6.45, 7) is 2.56. The average molecular weight is 327 g/mol. The Bertz CT molecular complexity index is 606. The molecular weight excluding hydrogens is 298 g/mol. The summed E-state index contributed by atoms with van der Waals surface area (Å²) in [5.74, 6) is 0.879. The van der Waals surface area contributed by atoms with Crippen LogP contribution in [0.5, 0.6) is 5.75 Å². The van der Waals surface area contributed by atoms with Gasteiger partial charge in [-0.3, -0.25) is 4.79 Å². The van der Waals surface area contributed by atoms with Crippen LogP contribution in [0.2, 0.25) is 0 Å². The first-order valence-corrected chi connectivity index (χ1v) is 9.47. The molecule has 3 rings (SSSR count). The summed E-state index contributed by atoms with van der Waals surface area (Å²) in [6.07, 6.45) is 12.5. The van der Waals surface area contributed by atoms with Crippen molar-refractivity contribution in [3.8, 4) is 5.75 Å². The molecule has 1 aromatic carbocycles. The lowest BCUT2D eigenvalue weighted by Crippen LogP contribution is -2.37. The Balaban J connectivity index is 1.50. The van der Waals surface area contributed by atoms with Gasteiger partial charge in [0.25, 0.3) is 5.91 Å². The minimum absolute atomic E-state index is 0.0141. The molecule has 0 radical (unpaired) electrons.